The van der Waals surface area contributed by atoms with Crippen molar-refractivity contribution in [1.29, 1.82) is 0 Å². The smallest absolute Gasteiger partial charge is 0.254 e. The van der Waals surface area contributed by atoms with Gasteiger partial charge < -0.3 is 9.30 Å². The lowest BCUT2D eigenvalue weighted by atomic mass is 10.0. The molecule has 4 rings (SSSR count). The molecule has 0 spiro atoms. The highest BCUT2D eigenvalue weighted by molar-refractivity contribution is 6.30. The first-order valence-corrected chi connectivity index (χ1v) is 9.67. The molecular weight excluding hydrogens is 374 g/mol. The SMILES string of the molecule is CN1Cc2ccc(CCn3ccc(OCc4ccc(Cl)cn4)cc3=O)cc2C1. The Balaban J connectivity index is 1.36. The van der Waals surface area contributed by atoms with Crippen molar-refractivity contribution < 1.29 is 4.74 Å². The van der Waals surface area contributed by atoms with Gasteiger partial charge in [-0.3, -0.25) is 14.7 Å². The summed E-state index contributed by atoms with van der Waals surface area (Å²) in [4.78, 5) is 18.9. The molecule has 0 saturated carbocycles. The third-order valence-corrected chi connectivity index (χ3v) is 5.16. The molecule has 0 atom stereocenters. The third kappa shape index (κ3) is 4.43. The van der Waals surface area contributed by atoms with Crippen LogP contribution in [0.25, 0.3) is 0 Å². The molecule has 0 aliphatic carbocycles. The van der Waals surface area contributed by atoms with E-state index in [4.69, 9.17) is 16.3 Å². The molecule has 2 aromatic heterocycles. The summed E-state index contributed by atoms with van der Waals surface area (Å²) in [6.07, 6.45) is 4.19. The number of ether oxygens (including phenoxy) is 1. The average Bonchev–Trinajstić information content (AvgIpc) is 3.06. The summed E-state index contributed by atoms with van der Waals surface area (Å²) in [6.45, 7) is 2.95. The van der Waals surface area contributed by atoms with Crippen LogP contribution >= 0.6 is 11.6 Å². The molecule has 0 saturated heterocycles. The second-order valence-corrected chi connectivity index (χ2v) is 7.61. The Hall–Kier alpha value is -2.63. The number of aryl methyl sites for hydroxylation is 2. The molecular formula is C22H22ClN3O2. The van der Waals surface area contributed by atoms with E-state index in [2.05, 4.69) is 35.1 Å². The number of hydrogen-bond donors (Lipinski definition) is 0. The van der Waals surface area contributed by atoms with Crippen LogP contribution in [0.4, 0.5) is 0 Å². The second-order valence-electron chi connectivity index (χ2n) is 7.18. The van der Waals surface area contributed by atoms with E-state index < -0.39 is 0 Å². The molecule has 0 bridgehead atoms. The number of nitrogens with zero attached hydrogens (tertiary/aromatic N) is 3. The fourth-order valence-corrected chi connectivity index (χ4v) is 3.55. The van der Waals surface area contributed by atoms with Crippen LogP contribution in [0.5, 0.6) is 5.75 Å². The highest BCUT2D eigenvalue weighted by atomic mass is 35.5. The topological polar surface area (TPSA) is 47.4 Å². The summed E-state index contributed by atoms with van der Waals surface area (Å²) in [5.41, 5.74) is 4.75. The number of hydrogen-bond acceptors (Lipinski definition) is 4. The van der Waals surface area contributed by atoms with Gasteiger partial charge in [-0.2, -0.15) is 0 Å². The van der Waals surface area contributed by atoms with E-state index in [9.17, 15) is 4.79 Å². The van der Waals surface area contributed by atoms with E-state index >= 15 is 0 Å². The fourth-order valence-electron chi connectivity index (χ4n) is 3.44. The third-order valence-electron chi connectivity index (χ3n) is 4.94. The quantitative estimate of drug-likeness (QED) is 0.639. The highest BCUT2D eigenvalue weighted by Gasteiger charge is 2.15. The predicted octanol–water partition coefficient (Wildman–Crippen LogP) is 3.66. The van der Waals surface area contributed by atoms with Crippen molar-refractivity contribution in [2.75, 3.05) is 7.05 Å². The van der Waals surface area contributed by atoms with E-state index in [0.29, 0.717) is 23.9 Å². The lowest BCUT2D eigenvalue weighted by Crippen LogP contribution is -2.19. The first-order valence-electron chi connectivity index (χ1n) is 9.30. The Bertz CT molecular complexity index is 1030. The maximum absolute atomic E-state index is 12.4. The molecule has 1 aromatic carbocycles. The molecule has 144 valence electrons. The summed E-state index contributed by atoms with van der Waals surface area (Å²) in [7, 11) is 2.13. The van der Waals surface area contributed by atoms with Gasteiger partial charge in [0.15, 0.2) is 0 Å². The van der Waals surface area contributed by atoms with Gasteiger partial charge in [-0.05, 0) is 48.4 Å². The van der Waals surface area contributed by atoms with Crippen molar-refractivity contribution in [3.05, 3.63) is 92.6 Å². The van der Waals surface area contributed by atoms with Crippen LogP contribution in [0.2, 0.25) is 5.02 Å². The molecule has 0 fully saturated rings. The zero-order valence-corrected chi connectivity index (χ0v) is 16.5. The Kier molecular flexibility index (Phi) is 5.46. The molecule has 0 amide bonds. The van der Waals surface area contributed by atoms with E-state index in [1.54, 1.807) is 29.1 Å². The van der Waals surface area contributed by atoms with Crippen LogP contribution in [-0.2, 0) is 32.7 Å². The van der Waals surface area contributed by atoms with Crippen molar-refractivity contribution in [3.63, 3.8) is 0 Å². The fraction of sp³-hybridized carbons (Fsp3) is 0.273. The average molecular weight is 396 g/mol. The van der Waals surface area contributed by atoms with E-state index in [1.807, 2.05) is 6.07 Å². The molecule has 0 N–H and O–H groups in total. The molecule has 1 aliphatic heterocycles. The normalized spacial score (nSPS) is 13.5. The number of rotatable bonds is 6. The van der Waals surface area contributed by atoms with Crippen LogP contribution in [0, 0.1) is 0 Å². The lowest BCUT2D eigenvalue weighted by molar-refractivity contribution is 0.300. The van der Waals surface area contributed by atoms with E-state index in [1.165, 1.54) is 22.8 Å². The van der Waals surface area contributed by atoms with E-state index in [-0.39, 0.29) is 5.56 Å². The molecule has 1 aliphatic rings. The van der Waals surface area contributed by atoms with Crippen LogP contribution in [0.15, 0.2) is 59.7 Å². The Labute approximate surface area is 169 Å². The van der Waals surface area contributed by atoms with Crippen LogP contribution in [0.1, 0.15) is 22.4 Å². The lowest BCUT2D eigenvalue weighted by Gasteiger charge is -2.09. The van der Waals surface area contributed by atoms with Crippen molar-refractivity contribution in [2.24, 2.45) is 0 Å². The number of fused-ring (bicyclic) bond motifs is 1. The number of pyridine rings is 2. The molecule has 0 unspecified atom stereocenters. The zero-order valence-electron chi connectivity index (χ0n) is 15.8. The van der Waals surface area contributed by atoms with Crippen LogP contribution in [-0.4, -0.2) is 21.5 Å². The minimum atomic E-state index is -0.0672. The molecule has 28 heavy (non-hydrogen) atoms. The van der Waals surface area contributed by atoms with Gasteiger partial charge in [0.2, 0.25) is 0 Å². The van der Waals surface area contributed by atoms with Crippen LogP contribution in [0.3, 0.4) is 0 Å². The Morgan fingerprint density at radius 3 is 2.75 bits per heavy atom. The second kappa shape index (κ2) is 8.17. The maximum Gasteiger partial charge on any atom is 0.254 e. The number of halogens is 1. The standard InChI is InChI=1S/C22H22ClN3O2/c1-25-13-17-3-2-16(10-18(17)14-25)6-8-26-9-7-21(11-22(26)27)28-15-20-5-4-19(23)12-24-20/h2-5,7,9-12H,6,8,13-15H2,1H3. The monoisotopic (exact) mass is 395 g/mol. The number of aromatic nitrogens is 2. The molecule has 3 heterocycles. The van der Waals surface area contributed by atoms with Gasteiger partial charge in [0, 0.05) is 38.1 Å². The van der Waals surface area contributed by atoms with Gasteiger partial charge in [-0.15, -0.1) is 0 Å². The Morgan fingerprint density at radius 1 is 1.11 bits per heavy atom. The van der Waals surface area contributed by atoms with Gasteiger partial charge in [-0.25, -0.2) is 0 Å². The number of benzene rings is 1. The van der Waals surface area contributed by atoms with Crippen molar-refractivity contribution in [1.82, 2.24) is 14.5 Å². The summed E-state index contributed by atoms with van der Waals surface area (Å²) >= 11 is 5.83. The summed E-state index contributed by atoms with van der Waals surface area (Å²) in [5, 5.41) is 0.585. The first kappa shape index (κ1) is 18.7. The molecule has 5 nitrogen and oxygen atoms in total. The van der Waals surface area contributed by atoms with Crippen molar-refractivity contribution in [3.8, 4) is 5.75 Å². The summed E-state index contributed by atoms with van der Waals surface area (Å²) < 4.78 is 7.38. The Morgan fingerprint density at radius 2 is 1.96 bits per heavy atom. The van der Waals surface area contributed by atoms with Gasteiger partial charge in [0.05, 0.1) is 10.7 Å². The predicted molar refractivity (Wildman–Crippen MR) is 110 cm³/mol. The van der Waals surface area contributed by atoms with Crippen molar-refractivity contribution in [2.45, 2.75) is 32.7 Å². The minimum absolute atomic E-state index is 0.0672. The zero-order chi connectivity index (χ0) is 19.5. The largest absolute Gasteiger partial charge is 0.487 e. The van der Waals surface area contributed by atoms with Gasteiger partial charge in [0.25, 0.3) is 5.56 Å². The molecule has 0 radical (unpaired) electrons. The minimum Gasteiger partial charge on any atom is -0.487 e. The van der Waals surface area contributed by atoms with Crippen LogP contribution < -0.4 is 10.3 Å². The first-order chi connectivity index (χ1) is 13.6. The summed E-state index contributed by atoms with van der Waals surface area (Å²) in [6, 6.07) is 13.5. The van der Waals surface area contributed by atoms with E-state index in [0.717, 1.165) is 25.2 Å². The summed E-state index contributed by atoms with van der Waals surface area (Å²) in [5.74, 6) is 0.540. The van der Waals surface area contributed by atoms with Crippen molar-refractivity contribution >= 4 is 11.6 Å². The van der Waals surface area contributed by atoms with Gasteiger partial charge in [-0.1, -0.05) is 29.8 Å². The molecule has 3 aromatic rings. The highest BCUT2D eigenvalue weighted by Crippen LogP contribution is 2.22. The van der Waals surface area contributed by atoms with Gasteiger partial charge in [0.1, 0.15) is 12.4 Å². The van der Waals surface area contributed by atoms with Gasteiger partial charge >= 0.3 is 0 Å². The molecule has 6 heteroatoms. The maximum atomic E-state index is 12.4.